The summed E-state index contributed by atoms with van der Waals surface area (Å²) in [5.41, 5.74) is 1.79. The van der Waals surface area contributed by atoms with E-state index >= 15 is 0 Å². The molecule has 1 amide bonds. The first-order chi connectivity index (χ1) is 12.6. The van der Waals surface area contributed by atoms with Gasteiger partial charge in [-0.05, 0) is 38.5 Å². The lowest BCUT2D eigenvalue weighted by Crippen LogP contribution is -2.49. The third kappa shape index (κ3) is 3.31. The van der Waals surface area contributed by atoms with Gasteiger partial charge in [0, 0.05) is 37.7 Å². The van der Waals surface area contributed by atoms with E-state index in [4.69, 9.17) is 9.15 Å². The number of rotatable bonds is 2. The third-order valence-corrected chi connectivity index (χ3v) is 5.30. The van der Waals surface area contributed by atoms with Gasteiger partial charge in [0.1, 0.15) is 0 Å². The standard InChI is InChI=1S/C19H24N4O3/c1-13-6-9-26-18(13)19(24)23-7-5-15-11-22(8-10-25-16(15)12-23)17-4-3-14(2)20-21-17/h3-4,6,9,15-16H,5,7-8,10-12H2,1-2H3/t15-,16-/m1/s1. The first-order valence-electron chi connectivity index (χ1n) is 9.12. The number of carbonyl (C=O) groups is 1. The summed E-state index contributed by atoms with van der Waals surface area (Å²) in [4.78, 5) is 16.8. The summed E-state index contributed by atoms with van der Waals surface area (Å²) in [6.45, 7) is 7.45. The number of ether oxygens (including phenoxy) is 1. The van der Waals surface area contributed by atoms with E-state index in [2.05, 4.69) is 15.1 Å². The predicted octanol–water partition coefficient (Wildman–Crippen LogP) is 2.05. The molecule has 2 aliphatic heterocycles. The van der Waals surface area contributed by atoms with Gasteiger partial charge in [-0.3, -0.25) is 4.79 Å². The highest BCUT2D eigenvalue weighted by Crippen LogP contribution is 2.27. The number of hydrogen-bond donors (Lipinski definition) is 0. The maximum Gasteiger partial charge on any atom is 0.289 e. The van der Waals surface area contributed by atoms with Gasteiger partial charge in [-0.2, -0.15) is 5.10 Å². The Kier molecular flexibility index (Phi) is 4.63. The van der Waals surface area contributed by atoms with Gasteiger partial charge in [-0.25, -0.2) is 0 Å². The minimum atomic E-state index is -0.0416. The fourth-order valence-electron chi connectivity index (χ4n) is 3.74. The summed E-state index contributed by atoms with van der Waals surface area (Å²) in [6, 6.07) is 5.82. The van der Waals surface area contributed by atoms with Crippen molar-refractivity contribution in [2.75, 3.05) is 37.7 Å². The van der Waals surface area contributed by atoms with Gasteiger partial charge in [-0.15, -0.1) is 5.10 Å². The maximum atomic E-state index is 12.7. The molecular weight excluding hydrogens is 332 g/mol. The van der Waals surface area contributed by atoms with Crippen LogP contribution in [-0.2, 0) is 4.74 Å². The van der Waals surface area contributed by atoms with E-state index in [1.54, 1.807) is 6.26 Å². The van der Waals surface area contributed by atoms with E-state index in [1.165, 1.54) is 0 Å². The minimum absolute atomic E-state index is 0.0416. The molecule has 2 aromatic rings. The number of fused-ring (bicyclic) bond motifs is 1. The highest BCUT2D eigenvalue weighted by molar-refractivity contribution is 5.92. The van der Waals surface area contributed by atoms with Crippen LogP contribution in [-0.4, -0.2) is 59.9 Å². The first-order valence-corrected chi connectivity index (χ1v) is 9.12. The van der Waals surface area contributed by atoms with E-state index < -0.39 is 0 Å². The highest BCUT2D eigenvalue weighted by atomic mass is 16.5. The number of carbonyl (C=O) groups excluding carboxylic acids is 1. The Bertz CT molecular complexity index is 773. The normalized spacial score (nSPS) is 23.5. The molecule has 0 saturated carbocycles. The number of amides is 1. The third-order valence-electron chi connectivity index (χ3n) is 5.30. The average Bonchev–Trinajstić information content (AvgIpc) is 2.96. The molecule has 7 nitrogen and oxygen atoms in total. The molecule has 0 bridgehead atoms. The van der Waals surface area contributed by atoms with Gasteiger partial charge in [-0.1, -0.05) is 0 Å². The number of nitrogens with zero attached hydrogens (tertiary/aromatic N) is 4. The molecule has 0 unspecified atom stereocenters. The van der Waals surface area contributed by atoms with Gasteiger partial charge in [0.05, 0.1) is 24.7 Å². The number of piperidine rings is 1. The van der Waals surface area contributed by atoms with Crippen LogP contribution in [0.25, 0.3) is 0 Å². The predicted molar refractivity (Wildman–Crippen MR) is 96.2 cm³/mol. The lowest BCUT2D eigenvalue weighted by Gasteiger charge is -2.37. The van der Waals surface area contributed by atoms with E-state index in [1.807, 2.05) is 36.9 Å². The SMILES string of the molecule is Cc1ccc(N2CCO[C@@H]3CN(C(=O)c4occc4C)CC[C@@H]3C2)nn1. The van der Waals surface area contributed by atoms with Crippen molar-refractivity contribution in [3.05, 3.63) is 41.5 Å². The van der Waals surface area contributed by atoms with Crippen molar-refractivity contribution >= 4 is 11.7 Å². The van der Waals surface area contributed by atoms with E-state index in [9.17, 15) is 4.79 Å². The van der Waals surface area contributed by atoms with Crippen molar-refractivity contribution in [3.8, 4) is 0 Å². The molecule has 138 valence electrons. The number of anilines is 1. The smallest absolute Gasteiger partial charge is 0.289 e. The molecule has 26 heavy (non-hydrogen) atoms. The summed E-state index contributed by atoms with van der Waals surface area (Å²) in [7, 11) is 0. The Balaban J connectivity index is 1.44. The van der Waals surface area contributed by atoms with Crippen LogP contribution in [0.3, 0.4) is 0 Å². The van der Waals surface area contributed by atoms with Crippen LogP contribution >= 0.6 is 0 Å². The number of hydrogen-bond acceptors (Lipinski definition) is 6. The van der Waals surface area contributed by atoms with E-state index in [0.717, 1.165) is 43.1 Å². The first kappa shape index (κ1) is 17.0. The lowest BCUT2D eigenvalue weighted by molar-refractivity contribution is -0.0177. The highest BCUT2D eigenvalue weighted by Gasteiger charge is 2.36. The Hall–Kier alpha value is -2.41. The quantitative estimate of drug-likeness (QED) is 0.820. The Morgan fingerprint density at radius 1 is 1.15 bits per heavy atom. The molecule has 4 heterocycles. The number of aromatic nitrogens is 2. The molecule has 2 aliphatic rings. The summed E-state index contributed by atoms with van der Waals surface area (Å²) in [5.74, 6) is 1.67. The monoisotopic (exact) mass is 356 g/mol. The van der Waals surface area contributed by atoms with Crippen molar-refractivity contribution in [2.24, 2.45) is 5.92 Å². The zero-order valence-corrected chi connectivity index (χ0v) is 15.2. The minimum Gasteiger partial charge on any atom is -0.459 e. The maximum absolute atomic E-state index is 12.7. The van der Waals surface area contributed by atoms with Crippen LogP contribution in [0, 0.1) is 19.8 Å². The molecule has 4 rings (SSSR count). The van der Waals surface area contributed by atoms with Gasteiger partial charge in [0.2, 0.25) is 0 Å². The summed E-state index contributed by atoms with van der Waals surface area (Å²) < 4.78 is 11.5. The molecule has 0 aromatic carbocycles. The van der Waals surface area contributed by atoms with Crippen molar-refractivity contribution in [1.29, 1.82) is 0 Å². The second-order valence-corrected chi connectivity index (χ2v) is 7.12. The number of likely N-dealkylation sites (tertiary alicyclic amines) is 1. The lowest BCUT2D eigenvalue weighted by atomic mass is 9.93. The molecule has 0 radical (unpaired) electrons. The topological polar surface area (TPSA) is 71.7 Å². The van der Waals surface area contributed by atoms with Crippen molar-refractivity contribution in [1.82, 2.24) is 15.1 Å². The second kappa shape index (κ2) is 7.07. The molecule has 7 heteroatoms. The van der Waals surface area contributed by atoms with Crippen LogP contribution in [0.15, 0.2) is 28.9 Å². The molecule has 0 N–H and O–H groups in total. The zero-order valence-electron chi connectivity index (χ0n) is 15.2. The van der Waals surface area contributed by atoms with Crippen LogP contribution in [0.1, 0.15) is 28.2 Å². The van der Waals surface area contributed by atoms with Crippen molar-refractivity contribution < 1.29 is 13.9 Å². The Labute approximate surface area is 152 Å². The van der Waals surface area contributed by atoms with Crippen LogP contribution in [0.4, 0.5) is 5.82 Å². The van der Waals surface area contributed by atoms with Crippen molar-refractivity contribution in [2.45, 2.75) is 26.4 Å². The van der Waals surface area contributed by atoms with E-state index in [-0.39, 0.29) is 12.0 Å². The average molecular weight is 356 g/mol. The van der Waals surface area contributed by atoms with Crippen LogP contribution in [0.5, 0.6) is 0 Å². The largest absolute Gasteiger partial charge is 0.459 e. The van der Waals surface area contributed by atoms with Gasteiger partial charge < -0.3 is 19.0 Å². The molecule has 2 saturated heterocycles. The van der Waals surface area contributed by atoms with Crippen molar-refractivity contribution in [3.63, 3.8) is 0 Å². The molecular formula is C19H24N4O3. The zero-order chi connectivity index (χ0) is 18.1. The molecule has 0 spiro atoms. The number of furan rings is 1. The summed E-state index contributed by atoms with van der Waals surface area (Å²) >= 11 is 0. The van der Waals surface area contributed by atoms with Gasteiger partial charge >= 0.3 is 0 Å². The molecule has 2 atom stereocenters. The van der Waals surface area contributed by atoms with E-state index in [0.29, 0.717) is 24.8 Å². The second-order valence-electron chi connectivity index (χ2n) is 7.12. The molecule has 0 aliphatic carbocycles. The van der Waals surface area contributed by atoms with Crippen LogP contribution < -0.4 is 4.90 Å². The Morgan fingerprint density at radius 3 is 2.77 bits per heavy atom. The fraction of sp³-hybridized carbons (Fsp3) is 0.526. The van der Waals surface area contributed by atoms with Gasteiger partial charge in [0.25, 0.3) is 5.91 Å². The molecule has 2 aromatic heterocycles. The fourth-order valence-corrected chi connectivity index (χ4v) is 3.74. The van der Waals surface area contributed by atoms with Crippen LogP contribution in [0.2, 0.25) is 0 Å². The molecule has 2 fully saturated rings. The summed E-state index contributed by atoms with van der Waals surface area (Å²) in [6.07, 6.45) is 2.52. The Morgan fingerprint density at radius 2 is 2.04 bits per heavy atom. The number of aryl methyl sites for hydroxylation is 2. The summed E-state index contributed by atoms with van der Waals surface area (Å²) in [5, 5.41) is 8.48. The van der Waals surface area contributed by atoms with Gasteiger partial charge in [0.15, 0.2) is 11.6 Å².